The lowest BCUT2D eigenvalue weighted by Gasteiger charge is -2.17. The van der Waals surface area contributed by atoms with Crippen molar-refractivity contribution in [2.24, 2.45) is 0 Å². The van der Waals surface area contributed by atoms with Crippen molar-refractivity contribution in [3.63, 3.8) is 0 Å². The van der Waals surface area contributed by atoms with Crippen LogP contribution in [0.15, 0.2) is 10.4 Å². The molecule has 0 radical (unpaired) electrons. The average Bonchev–Trinajstić information content (AvgIpc) is 2.71. The molecule has 3 N–H and O–H groups in total. The molecule has 1 rings (SSSR count). The van der Waals surface area contributed by atoms with E-state index in [-0.39, 0.29) is 17.2 Å². The van der Waals surface area contributed by atoms with Crippen LogP contribution in [0.3, 0.4) is 0 Å². The third-order valence-corrected chi connectivity index (χ3v) is 4.56. The Hall–Kier alpha value is -0.750. The van der Waals surface area contributed by atoms with Crippen LogP contribution in [0.4, 0.5) is 5.13 Å². The second-order valence-corrected chi connectivity index (χ2v) is 6.50. The first-order chi connectivity index (χ1) is 8.06. The van der Waals surface area contributed by atoms with Crippen molar-refractivity contribution in [2.45, 2.75) is 49.1 Å². The Kier molecular flexibility index (Phi) is 5.77. The molecule has 17 heavy (non-hydrogen) atoms. The van der Waals surface area contributed by atoms with Gasteiger partial charge in [-0.05, 0) is 19.8 Å². The Labute approximate surface area is 110 Å². The molecule has 0 saturated heterocycles. The number of amides is 1. The molecule has 0 aliphatic carbocycles. The van der Waals surface area contributed by atoms with E-state index in [9.17, 15) is 4.79 Å². The molecule has 6 heteroatoms. The monoisotopic (exact) mass is 273 g/mol. The smallest absolute Gasteiger partial charge is 0.233 e. The van der Waals surface area contributed by atoms with Crippen LogP contribution in [0.5, 0.6) is 0 Å². The average molecular weight is 273 g/mol. The molecular weight excluding hydrogens is 254 g/mol. The first-order valence-corrected chi connectivity index (χ1v) is 7.44. The lowest BCUT2D eigenvalue weighted by Crippen LogP contribution is -2.38. The van der Waals surface area contributed by atoms with E-state index in [0.717, 1.165) is 17.1 Å². The molecule has 1 aromatic heterocycles. The quantitative estimate of drug-likeness (QED) is 0.781. The predicted molar refractivity (Wildman–Crippen MR) is 74.4 cm³/mol. The third kappa shape index (κ3) is 4.55. The maximum absolute atomic E-state index is 11.9. The van der Waals surface area contributed by atoms with E-state index in [1.807, 2.05) is 6.92 Å². The number of anilines is 1. The zero-order valence-electron chi connectivity index (χ0n) is 10.4. The molecule has 1 unspecified atom stereocenters. The number of nitrogens with one attached hydrogen (secondary N) is 1. The zero-order valence-corrected chi connectivity index (χ0v) is 12.0. The summed E-state index contributed by atoms with van der Waals surface area (Å²) in [5, 5.41) is 3.46. The molecule has 0 aromatic carbocycles. The Morgan fingerprint density at radius 3 is 2.71 bits per heavy atom. The van der Waals surface area contributed by atoms with Gasteiger partial charge < -0.3 is 11.1 Å². The number of hydrogen-bond acceptors (Lipinski definition) is 5. The molecule has 96 valence electrons. The largest absolute Gasteiger partial charge is 0.375 e. The molecule has 1 amide bonds. The van der Waals surface area contributed by atoms with Gasteiger partial charge in [-0.2, -0.15) is 0 Å². The molecule has 1 heterocycles. The predicted octanol–water partition coefficient (Wildman–Crippen LogP) is 2.51. The summed E-state index contributed by atoms with van der Waals surface area (Å²) in [6.45, 7) is 6.06. The van der Waals surface area contributed by atoms with Gasteiger partial charge in [-0.1, -0.05) is 25.2 Å². The molecule has 1 aromatic rings. The maximum atomic E-state index is 11.9. The maximum Gasteiger partial charge on any atom is 0.233 e. The van der Waals surface area contributed by atoms with E-state index in [4.69, 9.17) is 5.73 Å². The van der Waals surface area contributed by atoms with Gasteiger partial charge in [-0.25, -0.2) is 4.98 Å². The van der Waals surface area contributed by atoms with Crippen LogP contribution in [-0.4, -0.2) is 22.2 Å². The van der Waals surface area contributed by atoms with Crippen molar-refractivity contribution in [3.8, 4) is 0 Å². The summed E-state index contributed by atoms with van der Waals surface area (Å²) in [7, 11) is 0. The van der Waals surface area contributed by atoms with Crippen LogP contribution in [0.1, 0.15) is 33.6 Å². The van der Waals surface area contributed by atoms with Gasteiger partial charge in [0.05, 0.1) is 15.7 Å². The summed E-state index contributed by atoms with van der Waals surface area (Å²) < 4.78 is 0.981. The van der Waals surface area contributed by atoms with E-state index in [0.29, 0.717) is 5.13 Å². The topological polar surface area (TPSA) is 68.0 Å². The third-order valence-electron chi connectivity index (χ3n) is 2.50. The number of carbonyl (C=O) groups is 1. The number of rotatable bonds is 6. The zero-order chi connectivity index (χ0) is 12.8. The van der Waals surface area contributed by atoms with Crippen LogP contribution in [0.25, 0.3) is 0 Å². The Morgan fingerprint density at radius 1 is 1.59 bits per heavy atom. The summed E-state index contributed by atoms with van der Waals surface area (Å²) in [5.41, 5.74) is 5.55. The van der Waals surface area contributed by atoms with Crippen molar-refractivity contribution < 1.29 is 4.79 Å². The van der Waals surface area contributed by atoms with Crippen LogP contribution in [0, 0.1) is 0 Å². The van der Waals surface area contributed by atoms with Gasteiger partial charge in [-0.3, -0.25) is 4.79 Å². The molecule has 0 aliphatic heterocycles. The van der Waals surface area contributed by atoms with Crippen molar-refractivity contribution in [3.05, 3.63) is 6.20 Å². The van der Waals surface area contributed by atoms with E-state index in [1.54, 1.807) is 6.20 Å². The van der Waals surface area contributed by atoms with Crippen molar-refractivity contribution >= 4 is 34.1 Å². The first kappa shape index (κ1) is 14.3. The molecule has 0 bridgehead atoms. The summed E-state index contributed by atoms with van der Waals surface area (Å²) >= 11 is 2.91. The minimum atomic E-state index is -0.115. The second-order valence-electron chi connectivity index (χ2n) is 3.80. The molecule has 1 atom stereocenters. The number of thiazole rings is 1. The SMILES string of the molecule is CCC(CC)NC(=O)C(C)Sc1cnc(N)s1. The van der Waals surface area contributed by atoms with E-state index < -0.39 is 0 Å². The number of carbonyl (C=O) groups excluding carboxylic acids is 1. The van der Waals surface area contributed by atoms with E-state index in [1.165, 1.54) is 23.1 Å². The highest BCUT2D eigenvalue weighted by molar-refractivity contribution is 8.02. The highest BCUT2D eigenvalue weighted by Gasteiger charge is 2.17. The fraction of sp³-hybridized carbons (Fsp3) is 0.636. The number of nitrogens with zero attached hydrogens (tertiary/aromatic N) is 1. The van der Waals surface area contributed by atoms with Gasteiger partial charge in [0.1, 0.15) is 0 Å². The first-order valence-electron chi connectivity index (χ1n) is 5.75. The van der Waals surface area contributed by atoms with Gasteiger partial charge >= 0.3 is 0 Å². The summed E-state index contributed by atoms with van der Waals surface area (Å²) in [4.78, 5) is 15.9. The lowest BCUT2D eigenvalue weighted by molar-refractivity contribution is -0.121. The fourth-order valence-corrected chi connectivity index (χ4v) is 3.30. The van der Waals surface area contributed by atoms with Gasteiger partial charge in [-0.15, -0.1) is 11.8 Å². The van der Waals surface area contributed by atoms with Gasteiger partial charge in [0.25, 0.3) is 0 Å². The Morgan fingerprint density at radius 2 is 2.24 bits per heavy atom. The Bertz CT molecular complexity index is 363. The molecule has 0 aliphatic rings. The lowest BCUT2D eigenvalue weighted by atomic mass is 10.2. The van der Waals surface area contributed by atoms with Crippen molar-refractivity contribution in [1.82, 2.24) is 10.3 Å². The molecule has 0 spiro atoms. The van der Waals surface area contributed by atoms with Crippen LogP contribution in [0.2, 0.25) is 0 Å². The number of nitrogens with two attached hydrogens (primary N) is 1. The minimum absolute atomic E-state index is 0.0793. The van der Waals surface area contributed by atoms with Crippen molar-refractivity contribution in [2.75, 3.05) is 5.73 Å². The molecule has 4 nitrogen and oxygen atoms in total. The highest BCUT2D eigenvalue weighted by Crippen LogP contribution is 2.29. The van der Waals surface area contributed by atoms with Crippen LogP contribution in [-0.2, 0) is 4.79 Å². The highest BCUT2D eigenvalue weighted by atomic mass is 32.2. The number of hydrogen-bond donors (Lipinski definition) is 2. The molecular formula is C11H19N3OS2. The summed E-state index contributed by atoms with van der Waals surface area (Å²) in [5.74, 6) is 0.0793. The van der Waals surface area contributed by atoms with Crippen LogP contribution < -0.4 is 11.1 Å². The number of aromatic nitrogens is 1. The van der Waals surface area contributed by atoms with Gasteiger partial charge in [0.15, 0.2) is 5.13 Å². The van der Waals surface area contributed by atoms with E-state index in [2.05, 4.69) is 24.1 Å². The minimum Gasteiger partial charge on any atom is -0.375 e. The number of nitrogen functional groups attached to an aromatic ring is 1. The molecule has 0 fully saturated rings. The van der Waals surface area contributed by atoms with Gasteiger partial charge in [0, 0.05) is 6.04 Å². The second kappa shape index (κ2) is 6.86. The number of thioether (sulfide) groups is 1. The Balaban J connectivity index is 2.46. The normalized spacial score (nSPS) is 12.7. The fourth-order valence-electron chi connectivity index (χ4n) is 1.37. The van der Waals surface area contributed by atoms with Crippen LogP contribution >= 0.6 is 23.1 Å². The summed E-state index contributed by atoms with van der Waals surface area (Å²) in [6.07, 6.45) is 3.64. The molecule has 0 saturated carbocycles. The summed E-state index contributed by atoms with van der Waals surface area (Å²) in [6, 6.07) is 0.275. The van der Waals surface area contributed by atoms with Gasteiger partial charge in [0.2, 0.25) is 5.91 Å². The standard InChI is InChI=1S/C11H19N3OS2/c1-4-8(5-2)14-10(15)7(3)16-9-6-13-11(12)17-9/h6-8H,4-5H2,1-3H3,(H2,12,13)(H,14,15). The van der Waals surface area contributed by atoms with Crippen molar-refractivity contribution in [1.29, 1.82) is 0 Å². The van der Waals surface area contributed by atoms with E-state index >= 15 is 0 Å².